The molecule has 0 amide bonds. The molecule has 0 aliphatic heterocycles. The number of nitrogens with zero attached hydrogens (tertiary/aromatic N) is 2. The fourth-order valence-electron chi connectivity index (χ4n) is 0.905. The van der Waals surface area contributed by atoms with Gasteiger partial charge in [-0.05, 0) is 28.2 Å². The monoisotopic (exact) mass is 184 g/mol. The minimum atomic E-state index is -4.15. The first kappa shape index (κ1) is 11.7. The summed E-state index contributed by atoms with van der Waals surface area (Å²) in [5.74, 6) is 0. The summed E-state index contributed by atoms with van der Waals surface area (Å²) in [6, 6.07) is -1.38. The summed E-state index contributed by atoms with van der Waals surface area (Å²) < 4.78 is 36.8. The zero-order valence-corrected chi connectivity index (χ0v) is 7.81. The number of hydrogen-bond donors (Lipinski definition) is 0. The maximum atomic E-state index is 12.3. The second-order valence-corrected chi connectivity index (χ2v) is 3.28. The van der Waals surface area contributed by atoms with E-state index < -0.39 is 12.2 Å². The Kier molecular flexibility index (Phi) is 3.99. The Labute approximate surface area is 70.9 Å². The van der Waals surface area contributed by atoms with Gasteiger partial charge in [-0.1, -0.05) is 0 Å². The lowest BCUT2D eigenvalue weighted by Crippen LogP contribution is -2.47. The van der Waals surface area contributed by atoms with E-state index in [9.17, 15) is 13.2 Å². The van der Waals surface area contributed by atoms with Crippen LogP contribution in [-0.2, 0) is 0 Å². The number of alkyl halides is 3. The number of halogens is 3. The molecular weight excluding hydrogens is 169 g/mol. The zero-order chi connectivity index (χ0) is 9.94. The molecule has 0 saturated carbocycles. The lowest BCUT2D eigenvalue weighted by atomic mass is 10.2. The second-order valence-electron chi connectivity index (χ2n) is 3.28. The van der Waals surface area contributed by atoms with Crippen molar-refractivity contribution in [1.82, 2.24) is 9.80 Å². The SMILES string of the molecule is CN(C)CC(N(C)C)C(F)(F)F. The summed E-state index contributed by atoms with van der Waals surface area (Å²) in [5, 5.41) is 0. The first-order valence-electron chi connectivity index (χ1n) is 3.63. The highest BCUT2D eigenvalue weighted by Crippen LogP contribution is 2.23. The molecule has 0 aromatic heterocycles. The average Bonchev–Trinajstić information content (AvgIpc) is 1.79. The van der Waals surface area contributed by atoms with E-state index in [1.165, 1.54) is 23.9 Å². The summed E-state index contributed by atoms with van der Waals surface area (Å²) in [6.45, 7) is -0.00347. The van der Waals surface area contributed by atoms with Gasteiger partial charge in [0.05, 0.1) is 0 Å². The number of likely N-dealkylation sites (N-methyl/N-ethyl adjacent to an activating group) is 2. The van der Waals surface area contributed by atoms with Gasteiger partial charge in [0.15, 0.2) is 0 Å². The molecule has 0 rings (SSSR count). The van der Waals surface area contributed by atoms with Crippen molar-refractivity contribution in [3.63, 3.8) is 0 Å². The fraction of sp³-hybridized carbons (Fsp3) is 1.00. The molecule has 74 valence electrons. The van der Waals surface area contributed by atoms with E-state index in [-0.39, 0.29) is 6.54 Å². The van der Waals surface area contributed by atoms with Crippen LogP contribution in [0, 0.1) is 0 Å². The van der Waals surface area contributed by atoms with Crippen LogP contribution in [0.2, 0.25) is 0 Å². The highest BCUT2D eigenvalue weighted by Gasteiger charge is 2.41. The van der Waals surface area contributed by atoms with Crippen LogP contribution in [0.15, 0.2) is 0 Å². The Hall–Kier alpha value is -0.290. The Morgan fingerprint density at radius 3 is 1.58 bits per heavy atom. The molecule has 0 saturated heterocycles. The summed E-state index contributed by atoms with van der Waals surface area (Å²) >= 11 is 0. The molecule has 0 aliphatic carbocycles. The molecule has 0 aliphatic rings. The van der Waals surface area contributed by atoms with Crippen molar-refractivity contribution in [3.05, 3.63) is 0 Å². The van der Waals surface area contributed by atoms with E-state index in [0.29, 0.717) is 0 Å². The van der Waals surface area contributed by atoms with Crippen molar-refractivity contribution in [3.8, 4) is 0 Å². The van der Waals surface area contributed by atoms with Crippen LogP contribution >= 0.6 is 0 Å². The van der Waals surface area contributed by atoms with Gasteiger partial charge in [-0.15, -0.1) is 0 Å². The standard InChI is InChI=1S/C7H15F3N2/c1-11(2)5-6(12(3)4)7(8,9)10/h6H,5H2,1-4H3. The largest absolute Gasteiger partial charge is 0.405 e. The van der Waals surface area contributed by atoms with Crippen molar-refractivity contribution >= 4 is 0 Å². The molecular formula is C7H15F3N2. The third-order valence-corrected chi connectivity index (χ3v) is 1.54. The van der Waals surface area contributed by atoms with Crippen LogP contribution in [-0.4, -0.2) is 56.8 Å². The number of hydrogen-bond acceptors (Lipinski definition) is 2. The lowest BCUT2D eigenvalue weighted by molar-refractivity contribution is -0.180. The molecule has 2 nitrogen and oxygen atoms in total. The van der Waals surface area contributed by atoms with Crippen LogP contribution in [0.25, 0.3) is 0 Å². The molecule has 0 fully saturated rings. The van der Waals surface area contributed by atoms with Gasteiger partial charge in [-0.3, -0.25) is 4.90 Å². The first-order valence-corrected chi connectivity index (χ1v) is 3.63. The third kappa shape index (κ3) is 3.92. The maximum absolute atomic E-state index is 12.3. The molecule has 0 bridgehead atoms. The third-order valence-electron chi connectivity index (χ3n) is 1.54. The van der Waals surface area contributed by atoms with E-state index >= 15 is 0 Å². The summed E-state index contributed by atoms with van der Waals surface area (Å²) in [5.41, 5.74) is 0. The predicted molar refractivity (Wildman–Crippen MR) is 42.1 cm³/mol. The van der Waals surface area contributed by atoms with Crippen molar-refractivity contribution < 1.29 is 13.2 Å². The van der Waals surface area contributed by atoms with Crippen molar-refractivity contribution in [1.29, 1.82) is 0 Å². The molecule has 12 heavy (non-hydrogen) atoms. The van der Waals surface area contributed by atoms with Gasteiger partial charge in [-0.25, -0.2) is 0 Å². The number of rotatable bonds is 3. The average molecular weight is 184 g/mol. The van der Waals surface area contributed by atoms with Crippen LogP contribution in [0.1, 0.15) is 0 Å². The fourth-order valence-corrected chi connectivity index (χ4v) is 0.905. The molecule has 0 aromatic rings. The van der Waals surface area contributed by atoms with Gasteiger partial charge in [0.2, 0.25) is 0 Å². The second kappa shape index (κ2) is 4.09. The van der Waals surface area contributed by atoms with Gasteiger partial charge >= 0.3 is 6.18 Å². The minimum absolute atomic E-state index is 0.00347. The van der Waals surface area contributed by atoms with E-state index in [1.807, 2.05) is 0 Å². The molecule has 1 atom stereocenters. The summed E-state index contributed by atoms with van der Waals surface area (Å²) in [6.07, 6.45) is -4.15. The molecule has 0 N–H and O–H groups in total. The summed E-state index contributed by atoms with van der Waals surface area (Å²) in [7, 11) is 6.12. The quantitative estimate of drug-likeness (QED) is 0.646. The van der Waals surface area contributed by atoms with Crippen LogP contribution in [0.3, 0.4) is 0 Å². The van der Waals surface area contributed by atoms with E-state index in [0.717, 1.165) is 0 Å². The van der Waals surface area contributed by atoms with Gasteiger partial charge in [0.1, 0.15) is 6.04 Å². The van der Waals surface area contributed by atoms with Crippen LogP contribution in [0.5, 0.6) is 0 Å². The predicted octanol–water partition coefficient (Wildman–Crippen LogP) is 1.04. The Morgan fingerprint density at radius 1 is 1.08 bits per heavy atom. The Morgan fingerprint density at radius 2 is 1.50 bits per heavy atom. The molecule has 1 unspecified atom stereocenters. The smallest absolute Gasteiger partial charge is 0.307 e. The summed E-state index contributed by atoms with van der Waals surface area (Å²) in [4.78, 5) is 2.71. The molecule has 0 aromatic carbocycles. The molecule has 5 heteroatoms. The van der Waals surface area contributed by atoms with Gasteiger partial charge in [0, 0.05) is 6.54 Å². The normalized spacial score (nSPS) is 15.8. The van der Waals surface area contributed by atoms with E-state index in [2.05, 4.69) is 0 Å². The van der Waals surface area contributed by atoms with E-state index in [1.54, 1.807) is 14.1 Å². The first-order chi connectivity index (χ1) is 5.25. The van der Waals surface area contributed by atoms with Gasteiger partial charge in [0.25, 0.3) is 0 Å². The highest BCUT2D eigenvalue weighted by atomic mass is 19.4. The maximum Gasteiger partial charge on any atom is 0.405 e. The van der Waals surface area contributed by atoms with Crippen molar-refractivity contribution in [2.75, 3.05) is 34.7 Å². The highest BCUT2D eigenvalue weighted by molar-refractivity contribution is 4.76. The minimum Gasteiger partial charge on any atom is -0.307 e. The van der Waals surface area contributed by atoms with Crippen molar-refractivity contribution in [2.45, 2.75) is 12.2 Å². The zero-order valence-electron chi connectivity index (χ0n) is 7.81. The molecule has 0 spiro atoms. The Bertz CT molecular complexity index is 131. The van der Waals surface area contributed by atoms with Crippen molar-refractivity contribution in [2.24, 2.45) is 0 Å². The van der Waals surface area contributed by atoms with Crippen LogP contribution in [0.4, 0.5) is 13.2 Å². The Balaban J connectivity index is 4.25. The van der Waals surface area contributed by atoms with E-state index in [4.69, 9.17) is 0 Å². The van der Waals surface area contributed by atoms with Gasteiger partial charge in [-0.2, -0.15) is 13.2 Å². The van der Waals surface area contributed by atoms with Gasteiger partial charge < -0.3 is 4.90 Å². The molecule has 0 radical (unpaired) electrons. The topological polar surface area (TPSA) is 6.48 Å². The molecule has 0 heterocycles. The van der Waals surface area contributed by atoms with Crippen LogP contribution < -0.4 is 0 Å². The lowest BCUT2D eigenvalue weighted by Gasteiger charge is -2.28.